The molecule has 4 nitrogen and oxygen atoms in total. The van der Waals surface area contributed by atoms with Gasteiger partial charge in [-0.2, -0.15) is 0 Å². The number of hydrogen-bond acceptors (Lipinski definition) is 4. The van der Waals surface area contributed by atoms with Crippen LogP contribution in [-0.4, -0.2) is 35.6 Å². The van der Waals surface area contributed by atoms with E-state index in [1.54, 1.807) is 6.07 Å². The quantitative estimate of drug-likeness (QED) is 0.724. The van der Waals surface area contributed by atoms with Gasteiger partial charge in [-0.25, -0.2) is 4.39 Å². The Balaban J connectivity index is 1.62. The molecule has 0 fully saturated rings. The lowest BCUT2D eigenvalue weighted by Crippen LogP contribution is -2.44. The van der Waals surface area contributed by atoms with Gasteiger partial charge in [0, 0.05) is 25.7 Å². The maximum Gasteiger partial charge on any atom is 0.141 e. The number of nitrogens with two attached hydrogens (primary N) is 1. The Bertz CT molecular complexity index is 659. The molecule has 3 rings (SSSR count). The van der Waals surface area contributed by atoms with Gasteiger partial charge in [0.05, 0.1) is 11.9 Å². The second-order valence-electron chi connectivity index (χ2n) is 6.75. The molecule has 0 aliphatic carbocycles. The number of fused-ring (bicyclic) bond motifs is 1. The van der Waals surface area contributed by atoms with Gasteiger partial charge < -0.3 is 11.1 Å². The smallest absolute Gasteiger partial charge is 0.141 e. The van der Waals surface area contributed by atoms with Crippen molar-refractivity contribution in [3.8, 4) is 0 Å². The third-order valence-corrected chi connectivity index (χ3v) is 4.75. The lowest BCUT2D eigenvalue weighted by Gasteiger charge is -2.31. The summed E-state index contributed by atoms with van der Waals surface area (Å²) >= 11 is 0. The highest BCUT2D eigenvalue weighted by molar-refractivity contribution is 5.30. The molecule has 1 aromatic carbocycles. The average molecular weight is 342 g/mol. The summed E-state index contributed by atoms with van der Waals surface area (Å²) in [5, 5.41) is 3.64. The third kappa shape index (κ3) is 5.33. The van der Waals surface area contributed by atoms with E-state index in [9.17, 15) is 4.39 Å². The number of pyridine rings is 1. The van der Waals surface area contributed by atoms with E-state index in [0.717, 1.165) is 57.7 Å². The van der Waals surface area contributed by atoms with E-state index in [1.165, 1.54) is 23.4 Å². The molecule has 0 amide bonds. The highest BCUT2D eigenvalue weighted by atomic mass is 19.1. The number of aromatic nitrogens is 1. The minimum absolute atomic E-state index is 0.288. The van der Waals surface area contributed by atoms with Crippen LogP contribution in [0.3, 0.4) is 0 Å². The first-order valence-corrected chi connectivity index (χ1v) is 9.07. The van der Waals surface area contributed by atoms with Gasteiger partial charge in [-0.05, 0) is 55.6 Å². The molecule has 0 spiro atoms. The van der Waals surface area contributed by atoms with Crippen molar-refractivity contribution >= 4 is 0 Å². The molecule has 1 aliphatic rings. The van der Waals surface area contributed by atoms with Crippen molar-refractivity contribution in [2.75, 3.05) is 19.6 Å². The summed E-state index contributed by atoms with van der Waals surface area (Å²) in [6.45, 7) is 4.32. The largest absolute Gasteiger partial charge is 0.330 e. The zero-order valence-corrected chi connectivity index (χ0v) is 14.6. The highest BCUT2D eigenvalue weighted by Crippen LogP contribution is 2.17. The van der Waals surface area contributed by atoms with Crippen LogP contribution in [0.4, 0.5) is 4.39 Å². The molecule has 0 unspecified atom stereocenters. The molecule has 1 aliphatic heterocycles. The Morgan fingerprint density at radius 3 is 2.76 bits per heavy atom. The van der Waals surface area contributed by atoms with Crippen molar-refractivity contribution in [3.63, 3.8) is 0 Å². The zero-order valence-electron chi connectivity index (χ0n) is 14.6. The van der Waals surface area contributed by atoms with Crippen LogP contribution in [0.2, 0.25) is 0 Å². The zero-order chi connectivity index (χ0) is 17.5. The van der Waals surface area contributed by atoms with Crippen molar-refractivity contribution in [1.29, 1.82) is 0 Å². The van der Waals surface area contributed by atoms with E-state index >= 15 is 0 Å². The number of unbranched alkanes of at least 4 members (excludes halogenated alkanes) is 1. The number of nitrogens with one attached hydrogen (secondary N) is 1. The van der Waals surface area contributed by atoms with E-state index in [-0.39, 0.29) is 5.82 Å². The SMILES string of the molecule is NCCCCN(Cc1ccc(F)cn1)C[C@H]1Cc2ccccc2CN1. The topological polar surface area (TPSA) is 54.2 Å². The molecular formula is C20H27FN4. The number of halogens is 1. The fourth-order valence-electron chi connectivity index (χ4n) is 3.41. The van der Waals surface area contributed by atoms with Gasteiger partial charge in [-0.15, -0.1) is 0 Å². The minimum Gasteiger partial charge on any atom is -0.330 e. The number of nitrogens with zero attached hydrogens (tertiary/aromatic N) is 2. The van der Waals surface area contributed by atoms with Gasteiger partial charge in [0.15, 0.2) is 0 Å². The molecular weight excluding hydrogens is 315 g/mol. The van der Waals surface area contributed by atoms with Crippen LogP contribution in [0, 0.1) is 5.82 Å². The molecule has 0 saturated heterocycles. The summed E-state index contributed by atoms with van der Waals surface area (Å²) < 4.78 is 13.1. The lowest BCUT2D eigenvalue weighted by molar-refractivity contribution is 0.222. The summed E-state index contributed by atoms with van der Waals surface area (Å²) in [5.41, 5.74) is 9.38. The maximum atomic E-state index is 13.1. The Labute approximate surface area is 149 Å². The van der Waals surface area contributed by atoms with Crippen LogP contribution in [0.1, 0.15) is 29.7 Å². The normalized spacial score (nSPS) is 16.8. The molecule has 2 heterocycles. The van der Waals surface area contributed by atoms with Crippen molar-refractivity contribution in [2.45, 2.75) is 38.4 Å². The van der Waals surface area contributed by atoms with Crippen LogP contribution in [-0.2, 0) is 19.5 Å². The predicted molar refractivity (Wildman–Crippen MR) is 98.5 cm³/mol. The Morgan fingerprint density at radius 2 is 2.00 bits per heavy atom. The highest BCUT2D eigenvalue weighted by Gasteiger charge is 2.20. The molecule has 25 heavy (non-hydrogen) atoms. The second kappa shape index (κ2) is 9.04. The van der Waals surface area contributed by atoms with E-state index in [0.29, 0.717) is 6.04 Å². The van der Waals surface area contributed by atoms with Gasteiger partial charge in [0.1, 0.15) is 5.82 Å². The number of rotatable bonds is 8. The summed E-state index contributed by atoms with van der Waals surface area (Å²) in [5.74, 6) is -0.288. The first-order valence-electron chi connectivity index (χ1n) is 9.07. The van der Waals surface area contributed by atoms with Gasteiger partial charge in [-0.3, -0.25) is 9.88 Å². The molecule has 5 heteroatoms. The Hall–Kier alpha value is -1.82. The summed E-state index contributed by atoms with van der Waals surface area (Å²) in [6.07, 6.45) is 4.43. The van der Waals surface area contributed by atoms with Crippen molar-refractivity contribution in [3.05, 3.63) is 65.2 Å². The summed E-state index contributed by atoms with van der Waals surface area (Å²) in [6, 6.07) is 12.3. The first-order chi connectivity index (χ1) is 12.2. The Kier molecular flexibility index (Phi) is 6.50. The number of hydrogen-bond donors (Lipinski definition) is 2. The van der Waals surface area contributed by atoms with Crippen LogP contribution < -0.4 is 11.1 Å². The van der Waals surface area contributed by atoms with Gasteiger partial charge in [0.2, 0.25) is 0 Å². The summed E-state index contributed by atoms with van der Waals surface area (Å²) in [7, 11) is 0. The van der Waals surface area contributed by atoms with Gasteiger partial charge in [-0.1, -0.05) is 24.3 Å². The van der Waals surface area contributed by atoms with Crippen LogP contribution in [0.15, 0.2) is 42.6 Å². The van der Waals surface area contributed by atoms with Crippen LogP contribution in [0.5, 0.6) is 0 Å². The van der Waals surface area contributed by atoms with Gasteiger partial charge in [0.25, 0.3) is 0 Å². The van der Waals surface area contributed by atoms with E-state index < -0.39 is 0 Å². The predicted octanol–water partition coefficient (Wildman–Crippen LogP) is 2.48. The minimum atomic E-state index is -0.288. The molecule has 1 aromatic heterocycles. The summed E-state index contributed by atoms with van der Waals surface area (Å²) in [4.78, 5) is 6.62. The fraction of sp³-hybridized carbons (Fsp3) is 0.450. The van der Waals surface area contributed by atoms with Crippen LogP contribution >= 0.6 is 0 Å². The molecule has 3 N–H and O–H groups in total. The molecule has 0 radical (unpaired) electrons. The molecule has 1 atom stereocenters. The first kappa shape index (κ1) is 18.0. The Morgan fingerprint density at radius 1 is 1.16 bits per heavy atom. The van der Waals surface area contributed by atoms with Gasteiger partial charge >= 0.3 is 0 Å². The van der Waals surface area contributed by atoms with E-state index in [1.807, 2.05) is 0 Å². The van der Waals surface area contributed by atoms with E-state index in [4.69, 9.17) is 5.73 Å². The molecule has 0 bridgehead atoms. The van der Waals surface area contributed by atoms with Crippen LogP contribution in [0.25, 0.3) is 0 Å². The molecule has 134 valence electrons. The van der Waals surface area contributed by atoms with Crippen molar-refractivity contribution in [1.82, 2.24) is 15.2 Å². The number of benzene rings is 1. The molecule has 0 saturated carbocycles. The van der Waals surface area contributed by atoms with E-state index in [2.05, 4.69) is 39.5 Å². The average Bonchev–Trinajstić information content (AvgIpc) is 2.63. The maximum absolute atomic E-state index is 13.1. The van der Waals surface area contributed by atoms with Crippen molar-refractivity contribution < 1.29 is 4.39 Å². The monoisotopic (exact) mass is 342 g/mol. The second-order valence-corrected chi connectivity index (χ2v) is 6.75. The standard InChI is InChI=1S/C20H27FN4/c21-18-7-8-19(24-13-18)14-25(10-4-3-9-22)15-20-11-16-5-1-2-6-17(16)12-23-20/h1-2,5-8,13,20,23H,3-4,9-12,14-15,22H2/t20-/m1/s1. The fourth-order valence-corrected chi connectivity index (χ4v) is 3.41. The lowest BCUT2D eigenvalue weighted by atomic mass is 9.95. The third-order valence-electron chi connectivity index (χ3n) is 4.75. The van der Waals surface area contributed by atoms with Crippen molar-refractivity contribution in [2.24, 2.45) is 5.73 Å². The molecule has 2 aromatic rings.